The normalized spacial score (nSPS) is 11.1. The fourth-order valence-electron chi connectivity index (χ4n) is 4.27. The molecule has 0 aliphatic rings. The minimum absolute atomic E-state index is 0.0786. The van der Waals surface area contributed by atoms with Crippen LogP contribution < -0.4 is 10.6 Å². The third-order valence-electron chi connectivity index (χ3n) is 5.95. The van der Waals surface area contributed by atoms with E-state index in [4.69, 9.17) is 4.74 Å². The number of hydrogen-bond acceptors (Lipinski definition) is 9. The first-order chi connectivity index (χ1) is 19.2. The van der Waals surface area contributed by atoms with Crippen LogP contribution in [0.5, 0.6) is 0 Å². The molecular weight excluding hydrogens is 565 g/mol. The fraction of sp³-hybridized carbons (Fsp3) is 0.207. The average Bonchev–Trinajstić information content (AvgIpc) is 3.49. The molecule has 8 nitrogen and oxygen atoms in total. The Kier molecular flexibility index (Phi) is 8.15. The van der Waals surface area contributed by atoms with Gasteiger partial charge in [-0.1, -0.05) is 46.9 Å². The Balaban J connectivity index is 1.16. The van der Waals surface area contributed by atoms with Crippen LogP contribution in [0, 0.1) is 27.7 Å². The van der Waals surface area contributed by atoms with Crippen molar-refractivity contribution in [1.29, 1.82) is 0 Å². The van der Waals surface area contributed by atoms with E-state index >= 15 is 0 Å². The number of amides is 2. The van der Waals surface area contributed by atoms with Crippen molar-refractivity contribution in [3.8, 4) is 0 Å². The average molecular weight is 591 g/mol. The molecule has 0 atom stereocenters. The molecule has 0 aliphatic carbocycles. The number of ether oxygens (including phenoxy) is 1. The van der Waals surface area contributed by atoms with Crippen LogP contribution in [0.2, 0.25) is 0 Å². The maximum atomic E-state index is 12.8. The second-order valence-electron chi connectivity index (χ2n) is 9.35. The highest BCUT2D eigenvalue weighted by atomic mass is 32.2. The summed E-state index contributed by atoms with van der Waals surface area (Å²) in [6.07, 6.45) is 0. The van der Waals surface area contributed by atoms with E-state index in [-0.39, 0.29) is 17.2 Å². The molecule has 11 heteroatoms. The number of aryl methyl sites for hydroxylation is 4. The van der Waals surface area contributed by atoms with Crippen LogP contribution in [0.25, 0.3) is 20.4 Å². The van der Waals surface area contributed by atoms with Crippen molar-refractivity contribution in [3.63, 3.8) is 0 Å². The molecule has 40 heavy (non-hydrogen) atoms. The number of thiazole rings is 2. The van der Waals surface area contributed by atoms with Crippen molar-refractivity contribution in [1.82, 2.24) is 9.97 Å². The SMILES string of the molecule is Cc1cc(C)c2nc(NC(=O)COC(=O)c3ccccc3SCC(=O)Nc3nc4c(C)cc(C)cc4s3)sc2c1. The summed E-state index contributed by atoms with van der Waals surface area (Å²) in [5, 5.41) is 6.54. The zero-order valence-electron chi connectivity index (χ0n) is 22.3. The Labute approximate surface area is 243 Å². The molecule has 204 valence electrons. The van der Waals surface area contributed by atoms with Crippen LogP contribution in [-0.4, -0.2) is 40.1 Å². The molecule has 0 spiro atoms. The largest absolute Gasteiger partial charge is 0.452 e. The van der Waals surface area contributed by atoms with Gasteiger partial charge in [0.15, 0.2) is 16.9 Å². The van der Waals surface area contributed by atoms with Gasteiger partial charge in [0.2, 0.25) is 5.91 Å². The van der Waals surface area contributed by atoms with Gasteiger partial charge in [0.1, 0.15) is 0 Å². The van der Waals surface area contributed by atoms with Gasteiger partial charge in [0.05, 0.1) is 31.7 Å². The molecule has 2 aromatic heterocycles. The van der Waals surface area contributed by atoms with E-state index in [1.807, 2.05) is 45.9 Å². The maximum Gasteiger partial charge on any atom is 0.339 e. The van der Waals surface area contributed by atoms with Gasteiger partial charge in [-0.3, -0.25) is 14.9 Å². The number of rotatable bonds is 8. The van der Waals surface area contributed by atoms with Crippen LogP contribution in [0.15, 0.2) is 53.4 Å². The number of aromatic nitrogens is 2. The molecule has 2 N–H and O–H groups in total. The molecule has 3 aromatic carbocycles. The second-order valence-corrected chi connectivity index (χ2v) is 12.4. The Morgan fingerprint density at radius 1 is 0.800 bits per heavy atom. The van der Waals surface area contributed by atoms with Gasteiger partial charge >= 0.3 is 5.97 Å². The van der Waals surface area contributed by atoms with E-state index in [9.17, 15) is 14.4 Å². The zero-order chi connectivity index (χ0) is 28.4. The number of carbonyl (C=O) groups is 3. The second kappa shape index (κ2) is 11.7. The number of hydrogen-bond donors (Lipinski definition) is 2. The van der Waals surface area contributed by atoms with Crippen LogP contribution in [-0.2, 0) is 14.3 Å². The summed E-state index contributed by atoms with van der Waals surface area (Å²) >= 11 is 4.01. The van der Waals surface area contributed by atoms with E-state index in [2.05, 4.69) is 26.7 Å². The number of anilines is 2. The highest BCUT2D eigenvalue weighted by molar-refractivity contribution is 8.00. The molecule has 5 rings (SSSR count). The molecule has 0 bridgehead atoms. The summed E-state index contributed by atoms with van der Waals surface area (Å²) in [6, 6.07) is 15.0. The lowest BCUT2D eigenvalue weighted by molar-refractivity contribution is -0.119. The Bertz CT molecular complexity index is 1780. The number of fused-ring (bicyclic) bond motifs is 2. The topological polar surface area (TPSA) is 110 Å². The van der Waals surface area contributed by atoms with E-state index in [1.54, 1.807) is 24.3 Å². The first-order valence-electron chi connectivity index (χ1n) is 12.4. The summed E-state index contributed by atoms with van der Waals surface area (Å²) in [6.45, 7) is 7.56. The molecule has 0 saturated heterocycles. The number of nitrogens with zero attached hydrogens (tertiary/aromatic N) is 2. The number of carbonyl (C=O) groups excluding carboxylic acids is 3. The molecule has 5 aromatic rings. The highest BCUT2D eigenvalue weighted by Gasteiger charge is 2.17. The van der Waals surface area contributed by atoms with Crippen molar-refractivity contribution in [2.24, 2.45) is 0 Å². The quantitative estimate of drug-likeness (QED) is 0.153. The number of nitrogens with one attached hydrogen (secondary N) is 2. The molecule has 0 aliphatic heterocycles. The summed E-state index contributed by atoms with van der Waals surface area (Å²) < 4.78 is 7.28. The van der Waals surface area contributed by atoms with Crippen LogP contribution >= 0.6 is 34.4 Å². The summed E-state index contributed by atoms with van der Waals surface area (Å²) in [5.41, 5.74) is 6.36. The molecule has 0 fully saturated rings. The Hall–Kier alpha value is -3.80. The smallest absolute Gasteiger partial charge is 0.339 e. The number of benzene rings is 3. The minimum atomic E-state index is -0.647. The Morgan fingerprint density at radius 3 is 1.95 bits per heavy atom. The van der Waals surface area contributed by atoms with Gasteiger partial charge in [-0.25, -0.2) is 14.8 Å². The van der Waals surface area contributed by atoms with Crippen molar-refractivity contribution in [2.75, 3.05) is 23.0 Å². The van der Waals surface area contributed by atoms with Crippen molar-refractivity contribution in [3.05, 3.63) is 76.3 Å². The van der Waals surface area contributed by atoms with Gasteiger partial charge in [-0.05, 0) is 74.2 Å². The van der Waals surface area contributed by atoms with Crippen LogP contribution in [0.4, 0.5) is 10.3 Å². The standard InChI is InChI=1S/C29H26N4O4S3/c1-15-9-17(3)25-21(11-15)39-28(32-25)30-23(34)13-37-27(36)19-7-5-6-8-20(19)38-14-24(35)31-29-33-26-18(4)10-16(2)12-22(26)40-29/h5-12H,13-14H2,1-4H3,(H,30,32,34)(H,31,33,35). The van der Waals surface area contributed by atoms with E-state index in [1.165, 1.54) is 34.4 Å². The summed E-state index contributed by atoms with van der Waals surface area (Å²) in [7, 11) is 0. The highest BCUT2D eigenvalue weighted by Crippen LogP contribution is 2.31. The predicted octanol–water partition coefficient (Wildman–Crippen LogP) is 6.67. The van der Waals surface area contributed by atoms with E-state index in [0.717, 1.165) is 42.7 Å². The summed E-state index contributed by atoms with van der Waals surface area (Å²) in [4.78, 5) is 47.5. The fourth-order valence-corrected chi connectivity index (χ4v) is 7.23. The summed E-state index contributed by atoms with van der Waals surface area (Å²) in [5.74, 6) is -1.28. The number of esters is 1. The number of thioether (sulfide) groups is 1. The zero-order valence-corrected chi connectivity index (χ0v) is 24.7. The van der Waals surface area contributed by atoms with Gasteiger partial charge in [-0.2, -0.15) is 0 Å². The monoisotopic (exact) mass is 590 g/mol. The first kappa shape index (κ1) is 27.8. The van der Waals surface area contributed by atoms with Crippen LogP contribution in [0.3, 0.4) is 0 Å². The lowest BCUT2D eigenvalue weighted by Gasteiger charge is -2.09. The molecule has 2 heterocycles. The lowest BCUT2D eigenvalue weighted by Crippen LogP contribution is -2.21. The van der Waals surface area contributed by atoms with Gasteiger partial charge in [-0.15, -0.1) is 11.8 Å². The van der Waals surface area contributed by atoms with E-state index < -0.39 is 18.5 Å². The van der Waals surface area contributed by atoms with E-state index in [0.29, 0.717) is 15.2 Å². The molecule has 2 amide bonds. The molecule has 0 unspecified atom stereocenters. The third-order valence-corrected chi connectivity index (χ3v) is 8.86. The molecular formula is C29H26N4O4S3. The van der Waals surface area contributed by atoms with Gasteiger partial charge < -0.3 is 10.1 Å². The van der Waals surface area contributed by atoms with Gasteiger partial charge in [0, 0.05) is 4.90 Å². The van der Waals surface area contributed by atoms with Crippen LogP contribution in [0.1, 0.15) is 32.6 Å². The lowest BCUT2D eigenvalue weighted by atomic mass is 10.1. The molecule has 0 radical (unpaired) electrons. The first-order valence-corrected chi connectivity index (χ1v) is 15.0. The maximum absolute atomic E-state index is 12.8. The minimum Gasteiger partial charge on any atom is -0.452 e. The van der Waals surface area contributed by atoms with Crippen molar-refractivity contribution < 1.29 is 19.1 Å². The molecule has 0 saturated carbocycles. The van der Waals surface area contributed by atoms with Crippen molar-refractivity contribution >= 4 is 82.9 Å². The van der Waals surface area contributed by atoms with Gasteiger partial charge in [0.25, 0.3) is 5.91 Å². The Morgan fingerprint density at radius 2 is 1.35 bits per heavy atom. The van der Waals surface area contributed by atoms with Crippen molar-refractivity contribution in [2.45, 2.75) is 32.6 Å². The third kappa shape index (κ3) is 6.33. The predicted molar refractivity (Wildman–Crippen MR) is 163 cm³/mol.